The highest BCUT2D eigenvalue weighted by Gasteiger charge is 2.28. The zero-order valence-corrected chi connectivity index (χ0v) is 22.6. The number of rotatable bonds is 6. The standard InChI is InChI=1S/C30H33N7O2/c1-5-25(38)37-13-10-18(11-14-37)29-33-27-21-7-6-19(30(39)31-12-15-35(2)3)16-22(21)20-8-9-24-23(17-32-34-24)26(20)28(27)36(29)4/h5-9,16-18H,1,10-15H2,2-4H3,(H,31,39)(H,32,34). The van der Waals surface area contributed by atoms with Crippen molar-refractivity contribution in [3.05, 3.63) is 60.6 Å². The van der Waals surface area contributed by atoms with E-state index in [0.29, 0.717) is 25.2 Å². The minimum atomic E-state index is -0.0843. The first-order valence-corrected chi connectivity index (χ1v) is 13.4. The van der Waals surface area contributed by atoms with Gasteiger partial charge in [-0.3, -0.25) is 14.7 Å². The third kappa shape index (κ3) is 4.23. The van der Waals surface area contributed by atoms with Crippen molar-refractivity contribution in [2.75, 3.05) is 40.3 Å². The number of fused-ring (bicyclic) bond motifs is 8. The number of imidazole rings is 1. The average molecular weight is 524 g/mol. The number of nitrogens with zero attached hydrogens (tertiary/aromatic N) is 5. The van der Waals surface area contributed by atoms with E-state index in [-0.39, 0.29) is 17.7 Å². The molecule has 2 aromatic heterocycles. The third-order valence-electron chi connectivity index (χ3n) is 8.01. The van der Waals surface area contributed by atoms with Gasteiger partial charge in [-0.2, -0.15) is 5.10 Å². The number of piperidine rings is 1. The number of aryl methyl sites for hydroxylation is 1. The van der Waals surface area contributed by atoms with E-state index in [4.69, 9.17) is 4.98 Å². The van der Waals surface area contributed by atoms with Crippen LogP contribution in [-0.2, 0) is 11.8 Å². The Bertz CT molecular complexity index is 1760. The number of nitrogens with one attached hydrogen (secondary N) is 2. The maximum absolute atomic E-state index is 13.0. The van der Waals surface area contributed by atoms with Crippen molar-refractivity contribution in [3.8, 4) is 0 Å². The summed E-state index contributed by atoms with van der Waals surface area (Å²) in [6.07, 6.45) is 4.96. The van der Waals surface area contributed by atoms with E-state index < -0.39 is 0 Å². The minimum absolute atomic E-state index is 0.0145. The minimum Gasteiger partial charge on any atom is -0.351 e. The number of carbonyl (C=O) groups excluding carboxylic acids is 2. The normalized spacial score (nSPS) is 14.7. The predicted molar refractivity (Wildman–Crippen MR) is 155 cm³/mol. The third-order valence-corrected chi connectivity index (χ3v) is 8.01. The van der Waals surface area contributed by atoms with Crippen LogP contribution in [0.5, 0.6) is 0 Å². The van der Waals surface area contributed by atoms with Crippen LogP contribution in [0.15, 0.2) is 49.2 Å². The molecule has 3 aromatic carbocycles. The lowest BCUT2D eigenvalue weighted by Gasteiger charge is -2.31. The number of H-pyrrole nitrogens is 1. The smallest absolute Gasteiger partial charge is 0.251 e. The van der Waals surface area contributed by atoms with Gasteiger partial charge in [0.25, 0.3) is 5.91 Å². The van der Waals surface area contributed by atoms with Crippen molar-refractivity contribution >= 4 is 55.3 Å². The Morgan fingerprint density at radius 1 is 1.13 bits per heavy atom. The molecule has 9 heteroatoms. The van der Waals surface area contributed by atoms with Gasteiger partial charge in [0.1, 0.15) is 5.82 Å². The summed E-state index contributed by atoms with van der Waals surface area (Å²) in [6, 6.07) is 10.1. The van der Waals surface area contributed by atoms with Gasteiger partial charge in [-0.15, -0.1) is 0 Å². The van der Waals surface area contributed by atoms with Gasteiger partial charge in [-0.25, -0.2) is 4.98 Å². The summed E-state index contributed by atoms with van der Waals surface area (Å²) in [5.41, 5.74) is 3.57. The number of likely N-dealkylation sites (tertiary alicyclic amines) is 1. The highest BCUT2D eigenvalue weighted by atomic mass is 16.2. The van der Waals surface area contributed by atoms with Gasteiger partial charge in [0, 0.05) is 60.9 Å². The second-order valence-electron chi connectivity index (χ2n) is 10.7. The number of likely N-dealkylation sites (N-methyl/N-ethyl adjacent to an activating group) is 1. The first-order chi connectivity index (χ1) is 18.9. The van der Waals surface area contributed by atoms with Gasteiger partial charge >= 0.3 is 0 Å². The van der Waals surface area contributed by atoms with Crippen LogP contribution in [-0.4, -0.2) is 81.6 Å². The Morgan fingerprint density at radius 3 is 2.64 bits per heavy atom. The molecule has 0 aliphatic carbocycles. The lowest BCUT2D eigenvalue weighted by Crippen LogP contribution is -2.37. The highest BCUT2D eigenvalue weighted by molar-refractivity contribution is 6.30. The lowest BCUT2D eigenvalue weighted by molar-refractivity contribution is -0.127. The number of aromatic nitrogens is 4. The SMILES string of the molecule is C=CC(=O)N1CCC(c2nc3c4ccc(C(=O)NCCN(C)C)cc4c4ccc5[nH]ncc5c4c3n2C)CC1. The van der Waals surface area contributed by atoms with Crippen LogP contribution in [0.4, 0.5) is 0 Å². The molecule has 2 amide bonds. The molecule has 200 valence electrons. The molecule has 0 spiro atoms. The number of benzene rings is 3. The van der Waals surface area contributed by atoms with Gasteiger partial charge in [-0.05, 0) is 62.0 Å². The van der Waals surface area contributed by atoms with E-state index in [1.807, 2.05) is 54.4 Å². The van der Waals surface area contributed by atoms with Crippen molar-refractivity contribution < 1.29 is 9.59 Å². The zero-order valence-electron chi connectivity index (χ0n) is 22.6. The largest absolute Gasteiger partial charge is 0.351 e. The molecule has 2 N–H and O–H groups in total. The molecule has 0 radical (unpaired) electrons. The van der Waals surface area contributed by atoms with Crippen molar-refractivity contribution in [3.63, 3.8) is 0 Å². The maximum Gasteiger partial charge on any atom is 0.251 e. The second-order valence-corrected chi connectivity index (χ2v) is 10.7. The van der Waals surface area contributed by atoms with E-state index >= 15 is 0 Å². The van der Waals surface area contributed by atoms with Gasteiger partial charge in [0.15, 0.2) is 0 Å². The van der Waals surface area contributed by atoms with Crippen LogP contribution in [0.2, 0.25) is 0 Å². The quantitative estimate of drug-likeness (QED) is 0.260. The number of amides is 2. The Morgan fingerprint density at radius 2 is 1.90 bits per heavy atom. The molecular weight excluding hydrogens is 490 g/mol. The summed E-state index contributed by atoms with van der Waals surface area (Å²) < 4.78 is 2.22. The fourth-order valence-electron chi connectivity index (χ4n) is 5.95. The van der Waals surface area contributed by atoms with Gasteiger partial charge in [-0.1, -0.05) is 18.7 Å². The number of hydrogen-bond acceptors (Lipinski definition) is 5. The van der Waals surface area contributed by atoms with E-state index in [1.54, 1.807) is 0 Å². The van der Waals surface area contributed by atoms with Crippen molar-refractivity contribution in [2.45, 2.75) is 18.8 Å². The van der Waals surface area contributed by atoms with Crippen molar-refractivity contribution in [2.24, 2.45) is 7.05 Å². The van der Waals surface area contributed by atoms with E-state index in [0.717, 1.165) is 68.7 Å². The van der Waals surface area contributed by atoms with Crippen molar-refractivity contribution in [1.82, 2.24) is 34.9 Å². The molecule has 1 saturated heterocycles. The van der Waals surface area contributed by atoms with E-state index in [1.165, 1.54) is 6.08 Å². The fourth-order valence-corrected chi connectivity index (χ4v) is 5.95. The molecule has 0 atom stereocenters. The second kappa shape index (κ2) is 9.81. The molecule has 1 fully saturated rings. The highest BCUT2D eigenvalue weighted by Crippen LogP contribution is 2.40. The average Bonchev–Trinajstić information content (AvgIpc) is 3.57. The number of carbonyl (C=O) groups is 2. The maximum atomic E-state index is 13.0. The molecular formula is C30H33N7O2. The summed E-state index contributed by atoms with van der Waals surface area (Å²) in [4.78, 5) is 34.3. The molecule has 3 heterocycles. The summed E-state index contributed by atoms with van der Waals surface area (Å²) in [5, 5.41) is 15.6. The van der Waals surface area contributed by atoms with Crippen LogP contribution in [0.1, 0.15) is 34.9 Å². The number of hydrogen-bond donors (Lipinski definition) is 2. The Balaban J connectivity index is 1.51. The Hall–Kier alpha value is -4.24. The zero-order chi connectivity index (χ0) is 27.3. The molecule has 5 aromatic rings. The first kappa shape index (κ1) is 25.1. The van der Waals surface area contributed by atoms with Crippen LogP contribution in [0.25, 0.3) is 43.5 Å². The topological polar surface area (TPSA) is 99.2 Å². The summed E-state index contributed by atoms with van der Waals surface area (Å²) in [7, 11) is 6.06. The molecule has 39 heavy (non-hydrogen) atoms. The summed E-state index contributed by atoms with van der Waals surface area (Å²) >= 11 is 0. The Kier molecular flexibility index (Phi) is 6.31. The Labute approximate surface area is 226 Å². The van der Waals surface area contributed by atoms with Crippen LogP contribution in [0.3, 0.4) is 0 Å². The van der Waals surface area contributed by atoms with E-state index in [9.17, 15) is 9.59 Å². The number of aromatic amines is 1. The van der Waals surface area contributed by atoms with Crippen LogP contribution < -0.4 is 5.32 Å². The molecule has 0 unspecified atom stereocenters. The summed E-state index contributed by atoms with van der Waals surface area (Å²) in [6.45, 7) is 6.38. The van der Waals surface area contributed by atoms with Crippen LogP contribution >= 0.6 is 0 Å². The van der Waals surface area contributed by atoms with Crippen LogP contribution in [0, 0.1) is 0 Å². The summed E-state index contributed by atoms with van der Waals surface area (Å²) in [5.74, 6) is 1.17. The first-order valence-electron chi connectivity index (χ1n) is 13.4. The monoisotopic (exact) mass is 523 g/mol. The molecule has 0 bridgehead atoms. The van der Waals surface area contributed by atoms with Gasteiger partial charge in [0.05, 0.1) is 22.7 Å². The van der Waals surface area contributed by atoms with Gasteiger partial charge in [0.2, 0.25) is 5.91 Å². The van der Waals surface area contributed by atoms with E-state index in [2.05, 4.69) is 39.8 Å². The predicted octanol–water partition coefficient (Wildman–Crippen LogP) is 3.94. The fraction of sp³-hybridized carbons (Fsp3) is 0.333. The molecule has 9 nitrogen and oxygen atoms in total. The van der Waals surface area contributed by atoms with Crippen molar-refractivity contribution in [1.29, 1.82) is 0 Å². The molecule has 1 aliphatic rings. The van der Waals surface area contributed by atoms with Gasteiger partial charge < -0.3 is 19.7 Å². The molecule has 0 saturated carbocycles. The lowest BCUT2D eigenvalue weighted by atomic mass is 9.95. The molecule has 6 rings (SSSR count). The molecule has 1 aliphatic heterocycles.